The van der Waals surface area contributed by atoms with Gasteiger partial charge in [0.1, 0.15) is 5.75 Å². The van der Waals surface area contributed by atoms with E-state index in [0.29, 0.717) is 11.3 Å². The van der Waals surface area contributed by atoms with Crippen LogP contribution in [0.3, 0.4) is 0 Å². The number of carbonyl (C=O) groups is 1. The fraction of sp³-hybridized carbons (Fsp3) is 0.100. The van der Waals surface area contributed by atoms with Crippen LogP contribution in [0.5, 0.6) is 5.75 Å². The van der Waals surface area contributed by atoms with Crippen molar-refractivity contribution in [3.8, 4) is 11.4 Å². The first kappa shape index (κ1) is 17.0. The fourth-order valence-corrected chi connectivity index (χ4v) is 2.95. The zero-order valence-electron chi connectivity index (χ0n) is 14.0. The molecule has 0 N–H and O–H groups in total. The SMILES string of the molecule is COc1cc(C(=O)/C=C/c2cnn(-c3ccccc3)c2)ccc1SC. The Kier molecular flexibility index (Phi) is 5.36. The normalized spacial score (nSPS) is 11.0. The van der Waals surface area contributed by atoms with Crippen LogP contribution in [0.4, 0.5) is 0 Å². The number of allylic oxidation sites excluding steroid dienone is 1. The van der Waals surface area contributed by atoms with E-state index in [1.54, 1.807) is 48.0 Å². The van der Waals surface area contributed by atoms with Gasteiger partial charge in [-0.05, 0) is 48.7 Å². The molecule has 0 radical (unpaired) electrons. The van der Waals surface area contributed by atoms with Gasteiger partial charge in [0.15, 0.2) is 5.78 Å². The number of methoxy groups -OCH3 is 1. The standard InChI is InChI=1S/C20H18N2O2S/c1-24-19-12-16(9-11-20(19)25-2)18(23)10-8-15-13-21-22(14-15)17-6-4-3-5-7-17/h3-14H,1-2H3/b10-8+. The van der Waals surface area contributed by atoms with Crippen LogP contribution in [0.2, 0.25) is 0 Å². The molecule has 0 aliphatic carbocycles. The predicted molar refractivity (Wildman–Crippen MR) is 102 cm³/mol. The molecule has 2 aromatic carbocycles. The van der Waals surface area contributed by atoms with Crippen LogP contribution in [0, 0.1) is 0 Å². The van der Waals surface area contributed by atoms with Crippen LogP contribution in [0.15, 0.2) is 71.9 Å². The third-order valence-corrected chi connectivity index (χ3v) is 4.50. The monoisotopic (exact) mass is 350 g/mol. The fourth-order valence-electron chi connectivity index (χ4n) is 2.40. The van der Waals surface area contributed by atoms with Gasteiger partial charge in [0.2, 0.25) is 0 Å². The molecule has 3 rings (SSSR count). The summed E-state index contributed by atoms with van der Waals surface area (Å²) in [5.74, 6) is 0.641. The van der Waals surface area contributed by atoms with E-state index in [-0.39, 0.29) is 5.78 Å². The second-order valence-electron chi connectivity index (χ2n) is 5.32. The highest BCUT2D eigenvalue weighted by Crippen LogP contribution is 2.28. The molecule has 0 aliphatic heterocycles. The molecule has 0 fully saturated rings. The number of ether oxygens (including phenoxy) is 1. The van der Waals surface area contributed by atoms with Crippen LogP contribution in [0.1, 0.15) is 15.9 Å². The van der Waals surface area contributed by atoms with Gasteiger partial charge < -0.3 is 4.74 Å². The maximum Gasteiger partial charge on any atom is 0.185 e. The summed E-state index contributed by atoms with van der Waals surface area (Å²) in [6.45, 7) is 0. The van der Waals surface area contributed by atoms with Crippen LogP contribution < -0.4 is 4.74 Å². The number of thioether (sulfide) groups is 1. The molecule has 126 valence electrons. The van der Waals surface area contributed by atoms with Crippen molar-refractivity contribution in [3.05, 3.63) is 78.1 Å². The molecule has 0 atom stereocenters. The molecule has 0 aliphatic rings. The molecule has 0 saturated heterocycles. The van der Waals surface area contributed by atoms with Crippen molar-refractivity contribution in [1.29, 1.82) is 0 Å². The lowest BCUT2D eigenvalue weighted by atomic mass is 10.1. The largest absolute Gasteiger partial charge is 0.496 e. The Hall–Kier alpha value is -2.79. The minimum Gasteiger partial charge on any atom is -0.496 e. The Balaban J connectivity index is 1.76. The van der Waals surface area contributed by atoms with E-state index < -0.39 is 0 Å². The molecule has 5 heteroatoms. The highest BCUT2D eigenvalue weighted by Gasteiger charge is 2.08. The van der Waals surface area contributed by atoms with Gasteiger partial charge in [-0.3, -0.25) is 4.79 Å². The average Bonchev–Trinajstić information content (AvgIpc) is 3.15. The van der Waals surface area contributed by atoms with Gasteiger partial charge in [0, 0.05) is 22.2 Å². The van der Waals surface area contributed by atoms with Gasteiger partial charge in [0.05, 0.1) is 19.0 Å². The molecule has 1 heterocycles. The van der Waals surface area contributed by atoms with Crippen molar-refractivity contribution >= 4 is 23.6 Å². The van der Waals surface area contributed by atoms with E-state index in [1.807, 2.05) is 54.9 Å². The van der Waals surface area contributed by atoms with E-state index in [9.17, 15) is 4.79 Å². The van der Waals surface area contributed by atoms with Crippen LogP contribution in [-0.2, 0) is 0 Å². The molecule has 1 aromatic heterocycles. The second-order valence-corrected chi connectivity index (χ2v) is 6.17. The van der Waals surface area contributed by atoms with Crippen molar-refractivity contribution in [1.82, 2.24) is 9.78 Å². The van der Waals surface area contributed by atoms with Gasteiger partial charge in [-0.25, -0.2) is 4.68 Å². The summed E-state index contributed by atoms with van der Waals surface area (Å²) in [5.41, 5.74) is 2.44. The topological polar surface area (TPSA) is 44.1 Å². The van der Waals surface area contributed by atoms with Crippen LogP contribution in [0.25, 0.3) is 11.8 Å². The number of aromatic nitrogens is 2. The number of ketones is 1. The van der Waals surface area contributed by atoms with Gasteiger partial charge in [-0.2, -0.15) is 5.10 Å². The Morgan fingerprint density at radius 2 is 2.00 bits per heavy atom. The summed E-state index contributed by atoms with van der Waals surface area (Å²) in [5, 5.41) is 4.32. The first-order valence-electron chi connectivity index (χ1n) is 7.76. The van der Waals surface area contributed by atoms with E-state index in [0.717, 1.165) is 16.1 Å². The number of benzene rings is 2. The number of carbonyl (C=O) groups excluding carboxylic acids is 1. The maximum atomic E-state index is 12.4. The second kappa shape index (κ2) is 7.85. The molecule has 0 unspecified atom stereocenters. The van der Waals surface area contributed by atoms with Crippen molar-refractivity contribution < 1.29 is 9.53 Å². The summed E-state index contributed by atoms with van der Waals surface area (Å²) < 4.78 is 7.11. The average molecular weight is 350 g/mol. The zero-order valence-corrected chi connectivity index (χ0v) is 14.9. The number of rotatable bonds is 6. The third-order valence-electron chi connectivity index (χ3n) is 3.72. The molecular weight excluding hydrogens is 332 g/mol. The zero-order chi connectivity index (χ0) is 17.6. The van der Waals surface area contributed by atoms with Crippen molar-refractivity contribution in [2.45, 2.75) is 4.90 Å². The highest BCUT2D eigenvalue weighted by atomic mass is 32.2. The van der Waals surface area contributed by atoms with Crippen molar-refractivity contribution in [2.75, 3.05) is 13.4 Å². The quantitative estimate of drug-likeness (QED) is 0.373. The lowest BCUT2D eigenvalue weighted by Gasteiger charge is -2.07. The van der Waals surface area contributed by atoms with E-state index >= 15 is 0 Å². The Labute approximate surface area is 151 Å². The minimum absolute atomic E-state index is 0.0709. The number of hydrogen-bond acceptors (Lipinski definition) is 4. The maximum absolute atomic E-state index is 12.4. The number of para-hydroxylation sites is 1. The molecular formula is C20H18N2O2S. The van der Waals surface area contributed by atoms with E-state index in [4.69, 9.17) is 4.74 Å². The molecule has 3 aromatic rings. The molecule has 25 heavy (non-hydrogen) atoms. The smallest absolute Gasteiger partial charge is 0.185 e. The Morgan fingerprint density at radius 3 is 2.72 bits per heavy atom. The van der Waals surface area contributed by atoms with Crippen LogP contribution >= 0.6 is 11.8 Å². The van der Waals surface area contributed by atoms with Gasteiger partial charge in [-0.15, -0.1) is 11.8 Å². The molecule has 0 bridgehead atoms. The summed E-state index contributed by atoms with van der Waals surface area (Å²) in [7, 11) is 1.61. The molecule has 4 nitrogen and oxygen atoms in total. The lowest BCUT2D eigenvalue weighted by Crippen LogP contribution is -1.96. The summed E-state index contributed by atoms with van der Waals surface area (Å²) >= 11 is 1.59. The van der Waals surface area contributed by atoms with Gasteiger partial charge in [0.25, 0.3) is 0 Å². The van der Waals surface area contributed by atoms with Crippen molar-refractivity contribution in [3.63, 3.8) is 0 Å². The molecule has 0 saturated carbocycles. The number of hydrogen-bond donors (Lipinski definition) is 0. The van der Waals surface area contributed by atoms with Crippen molar-refractivity contribution in [2.24, 2.45) is 0 Å². The third kappa shape index (κ3) is 4.00. The summed E-state index contributed by atoms with van der Waals surface area (Å²) in [6, 6.07) is 15.3. The van der Waals surface area contributed by atoms with Gasteiger partial charge >= 0.3 is 0 Å². The minimum atomic E-state index is -0.0709. The molecule has 0 amide bonds. The highest BCUT2D eigenvalue weighted by molar-refractivity contribution is 7.98. The Morgan fingerprint density at radius 1 is 1.20 bits per heavy atom. The first-order chi connectivity index (χ1) is 12.2. The van der Waals surface area contributed by atoms with Crippen LogP contribution in [-0.4, -0.2) is 28.9 Å². The predicted octanol–water partition coefficient (Wildman–Crippen LogP) is 4.50. The van der Waals surface area contributed by atoms with E-state index in [1.165, 1.54) is 0 Å². The summed E-state index contributed by atoms with van der Waals surface area (Å²) in [4.78, 5) is 13.4. The van der Waals surface area contributed by atoms with Gasteiger partial charge in [-0.1, -0.05) is 18.2 Å². The lowest BCUT2D eigenvalue weighted by molar-refractivity contribution is 0.104. The Bertz CT molecular complexity index is 901. The summed E-state index contributed by atoms with van der Waals surface area (Å²) in [6.07, 6.45) is 8.91. The number of nitrogens with zero attached hydrogens (tertiary/aromatic N) is 2. The molecule has 0 spiro atoms. The van der Waals surface area contributed by atoms with E-state index in [2.05, 4.69) is 5.10 Å². The first-order valence-corrected chi connectivity index (χ1v) is 8.98.